The molecule has 0 bridgehead atoms. The topological polar surface area (TPSA) is 73.8 Å². The average molecular weight is 280 g/mol. The van der Waals surface area contributed by atoms with Crippen LogP contribution in [0.2, 0.25) is 0 Å². The molecule has 0 saturated carbocycles. The van der Waals surface area contributed by atoms with E-state index in [1.165, 1.54) is 17.8 Å². The summed E-state index contributed by atoms with van der Waals surface area (Å²) in [5.74, 6) is 0.286. The smallest absolute Gasteiger partial charge is 0.218 e. The van der Waals surface area contributed by atoms with Gasteiger partial charge in [0.05, 0.1) is 5.56 Å². The lowest BCUT2D eigenvalue weighted by molar-refractivity contribution is -0.117. The molecule has 2 N–H and O–H groups in total. The van der Waals surface area contributed by atoms with Gasteiger partial charge in [0, 0.05) is 19.2 Å². The molecule has 0 aliphatic carbocycles. The summed E-state index contributed by atoms with van der Waals surface area (Å²) in [7, 11) is 1.76. The molecular weight excluding hydrogens is 267 g/mol. The van der Waals surface area contributed by atoms with E-state index >= 15 is 0 Å². The molecule has 0 fully saturated rings. The fraction of sp³-hybridized carbons (Fsp3) is 0.250. The van der Waals surface area contributed by atoms with E-state index in [4.69, 9.17) is 5.73 Å². The molecule has 0 spiro atoms. The highest BCUT2D eigenvalue weighted by Crippen LogP contribution is 2.24. The number of hydrogen-bond donors (Lipinski definition) is 1. The lowest BCUT2D eigenvalue weighted by Crippen LogP contribution is -2.11. The van der Waals surface area contributed by atoms with Gasteiger partial charge in [0.25, 0.3) is 0 Å². The van der Waals surface area contributed by atoms with Crippen molar-refractivity contribution in [3.63, 3.8) is 0 Å². The van der Waals surface area contributed by atoms with Crippen molar-refractivity contribution in [2.75, 3.05) is 5.75 Å². The number of nitrogens with zero attached hydrogens (tertiary/aromatic N) is 3. The quantitative estimate of drug-likeness (QED) is 0.844. The molecule has 1 amide bonds. The molecule has 100 valence electrons. The predicted molar refractivity (Wildman–Crippen MR) is 70.9 cm³/mol. The Morgan fingerprint density at radius 1 is 1.42 bits per heavy atom. The third kappa shape index (κ3) is 3.11. The number of halogens is 1. The van der Waals surface area contributed by atoms with Crippen LogP contribution in [-0.2, 0) is 11.8 Å². The zero-order chi connectivity index (χ0) is 13.8. The van der Waals surface area contributed by atoms with Crippen LogP contribution in [-0.4, -0.2) is 26.4 Å². The maximum Gasteiger partial charge on any atom is 0.218 e. The molecule has 0 aliphatic heterocycles. The Morgan fingerprint density at radius 2 is 2.16 bits per heavy atom. The first kappa shape index (κ1) is 13.5. The van der Waals surface area contributed by atoms with Crippen molar-refractivity contribution < 1.29 is 9.18 Å². The Labute approximate surface area is 114 Å². The van der Waals surface area contributed by atoms with Crippen molar-refractivity contribution in [3.05, 3.63) is 30.1 Å². The first-order valence-electron chi connectivity index (χ1n) is 5.65. The molecule has 5 nitrogen and oxygen atoms in total. The standard InChI is InChI=1S/C12H13FN4OS/c1-17-11(8-4-2-3-5-9(8)13)15-16-12(17)19-7-6-10(14)18/h2-5H,6-7H2,1H3,(H2,14,18). The van der Waals surface area contributed by atoms with Crippen molar-refractivity contribution in [2.45, 2.75) is 11.6 Å². The molecule has 2 aromatic rings. The Balaban J connectivity index is 2.19. The third-order valence-corrected chi connectivity index (χ3v) is 3.55. The highest BCUT2D eigenvalue weighted by atomic mass is 32.2. The summed E-state index contributed by atoms with van der Waals surface area (Å²) in [6.07, 6.45) is 0.270. The minimum Gasteiger partial charge on any atom is -0.370 e. The minimum atomic E-state index is -0.357. The summed E-state index contributed by atoms with van der Waals surface area (Å²) in [5, 5.41) is 8.59. The molecule has 1 aromatic carbocycles. The van der Waals surface area contributed by atoms with Gasteiger partial charge in [-0.2, -0.15) is 0 Å². The van der Waals surface area contributed by atoms with E-state index < -0.39 is 0 Å². The second kappa shape index (κ2) is 5.83. The van der Waals surface area contributed by atoms with Gasteiger partial charge in [-0.1, -0.05) is 23.9 Å². The second-order valence-corrected chi connectivity index (χ2v) is 4.97. The van der Waals surface area contributed by atoms with Crippen molar-refractivity contribution in [2.24, 2.45) is 12.8 Å². The van der Waals surface area contributed by atoms with Gasteiger partial charge in [-0.15, -0.1) is 10.2 Å². The van der Waals surface area contributed by atoms with Gasteiger partial charge in [-0.25, -0.2) is 4.39 Å². The maximum atomic E-state index is 13.7. The van der Waals surface area contributed by atoms with Crippen LogP contribution >= 0.6 is 11.8 Å². The van der Waals surface area contributed by atoms with Crippen LogP contribution in [0.1, 0.15) is 6.42 Å². The van der Waals surface area contributed by atoms with Gasteiger partial charge < -0.3 is 10.3 Å². The van der Waals surface area contributed by atoms with Gasteiger partial charge >= 0.3 is 0 Å². The first-order valence-corrected chi connectivity index (χ1v) is 6.63. The number of amides is 1. The zero-order valence-corrected chi connectivity index (χ0v) is 11.2. The molecule has 2 rings (SSSR count). The fourth-order valence-corrected chi connectivity index (χ4v) is 2.43. The normalized spacial score (nSPS) is 10.6. The number of rotatable bonds is 5. The Bertz CT molecular complexity index is 599. The molecule has 0 radical (unpaired) electrons. The van der Waals surface area contributed by atoms with Crippen LogP contribution in [0.5, 0.6) is 0 Å². The van der Waals surface area contributed by atoms with Gasteiger partial charge in [0.15, 0.2) is 11.0 Å². The summed E-state index contributed by atoms with van der Waals surface area (Å²) in [5.41, 5.74) is 5.47. The van der Waals surface area contributed by atoms with E-state index in [1.54, 1.807) is 29.8 Å². The van der Waals surface area contributed by atoms with Crippen LogP contribution in [0.3, 0.4) is 0 Å². The van der Waals surface area contributed by atoms with Crippen LogP contribution in [0.25, 0.3) is 11.4 Å². The summed E-state index contributed by atoms with van der Waals surface area (Å²) in [6.45, 7) is 0. The highest BCUT2D eigenvalue weighted by Gasteiger charge is 2.14. The number of carbonyl (C=O) groups is 1. The number of carbonyl (C=O) groups excluding carboxylic acids is 1. The molecule has 7 heteroatoms. The minimum absolute atomic E-state index is 0.270. The molecule has 0 aliphatic rings. The largest absolute Gasteiger partial charge is 0.370 e. The van der Waals surface area contributed by atoms with E-state index in [-0.39, 0.29) is 18.1 Å². The Morgan fingerprint density at radius 3 is 2.84 bits per heavy atom. The van der Waals surface area contributed by atoms with E-state index in [1.807, 2.05) is 0 Å². The van der Waals surface area contributed by atoms with Gasteiger partial charge in [-0.3, -0.25) is 4.79 Å². The first-order chi connectivity index (χ1) is 9.09. The van der Waals surface area contributed by atoms with E-state index in [9.17, 15) is 9.18 Å². The summed E-state index contributed by atoms with van der Waals surface area (Å²) in [6, 6.07) is 6.39. The van der Waals surface area contributed by atoms with Gasteiger partial charge in [0.1, 0.15) is 5.82 Å². The molecule has 0 saturated heterocycles. The Kier molecular flexibility index (Phi) is 4.16. The fourth-order valence-electron chi connectivity index (χ4n) is 1.56. The number of primary amides is 1. The van der Waals surface area contributed by atoms with Crippen LogP contribution in [0.4, 0.5) is 4.39 Å². The van der Waals surface area contributed by atoms with Gasteiger partial charge in [0.2, 0.25) is 5.91 Å². The molecule has 1 aromatic heterocycles. The maximum absolute atomic E-state index is 13.7. The van der Waals surface area contributed by atoms with Crippen molar-refractivity contribution in [1.29, 1.82) is 0 Å². The van der Waals surface area contributed by atoms with Crippen molar-refractivity contribution >= 4 is 17.7 Å². The SMILES string of the molecule is Cn1c(SCCC(N)=O)nnc1-c1ccccc1F. The third-order valence-electron chi connectivity index (χ3n) is 2.53. The number of thioether (sulfide) groups is 1. The van der Waals surface area contributed by atoms with Crippen molar-refractivity contribution in [3.8, 4) is 11.4 Å². The van der Waals surface area contributed by atoms with Crippen LogP contribution < -0.4 is 5.73 Å². The van der Waals surface area contributed by atoms with E-state index in [0.717, 1.165) is 0 Å². The molecule has 1 heterocycles. The van der Waals surface area contributed by atoms with Crippen LogP contribution in [0, 0.1) is 5.82 Å². The Hall–Kier alpha value is -1.89. The predicted octanol–water partition coefficient (Wildman–Crippen LogP) is 1.59. The molecular formula is C12H13FN4OS. The number of nitrogens with two attached hydrogens (primary N) is 1. The van der Waals surface area contributed by atoms with E-state index in [0.29, 0.717) is 22.3 Å². The summed E-state index contributed by atoms with van der Waals surface area (Å²) >= 11 is 1.36. The lowest BCUT2D eigenvalue weighted by Gasteiger charge is -2.04. The van der Waals surface area contributed by atoms with Gasteiger partial charge in [-0.05, 0) is 12.1 Å². The van der Waals surface area contributed by atoms with E-state index in [2.05, 4.69) is 10.2 Å². The highest BCUT2D eigenvalue weighted by molar-refractivity contribution is 7.99. The number of aromatic nitrogens is 3. The molecule has 19 heavy (non-hydrogen) atoms. The molecule has 0 atom stereocenters. The van der Waals surface area contributed by atoms with Crippen molar-refractivity contribution in [1.82, 2.24) is 14.8 Å². The second-order valence-electron chi connectivity index (χ2n) is 3.91. The number of benzene rings is 1. The average Bonchev–Trinajstić information content (AvgIpc) is 2.72. The van der Waals surface area contributed by atoms with Crippen LogP contribution in [0.15, 0.2) is 29.4 Å². The molecule has 0 unspecified atom stereocenters. The summed E-state index contributed by atoms with van der Waals surface area (Å²) in [4.78, 5) is 10.7. The monoisotopic (exact) mass is 280 g/mol. The lowest BCUT2D eigenvalue weighted by atomic mass is 10.2. The zero-order valence-electron chi connectivity index (χ0n) is 10.3. The number of hydrogen-bond acceptors (Lipinski definition) is 4. The summed E-state index contributed by atoms with van der Waals surface area (Å²) < 4.78 is 15.4.